The number of rotatable bonds is 8. The number of thioether (sulfide) groups is 1. The summed E-state index contributed by atoms with van der Waals surface area (Å²) in [5.74, 6) is 2.95. The number of methoxy groups -OCH3 is 2. The molecule has 1 aromatic rings. The normalized spacial score (nSPS) is 11.1. The molecule has 0 aliphatic carbocycles. The molecule has 0 amide bonds. The zero-order chi connectivity index (χ0) is 15.8. The number of ether oxygens (including phenoxy) is 2. The molecule has 0 bridgehead atoms. The van der Waals surface area contributed by atoms with Crippen LogP contribution >= 0.6 is 11.8 Å². The van der Waals surface area contributed by atoms with Crippen molar-refractivity contribution in [3.8, 4) is 11.5 Å². The Bertz CT molecular complexity index is 489. The SMILES string of the molecule is COc1cc(C=C[N+](=O)[O-])cc(OC)c1SCCC(C)C. The molecule has 6 heteroatoms. The summed E-state index contributed by atoms with van der Waals surface area (Å²) in [5, 5.41) is 10.4. The van der Waals surface area contributed by atoms with Crippen LogP contribution < -0.4 is 9.47 Å². The van der Waals surface area contributed by atoms with Crippen molar-refractivity contribution in [2.45, 2.75) is 25.2 Å². The molecule has 0 saturated carbocycles. The van der Waals surface area contributed by atoms with E-state index in [1.165, 1.54) is 6.08 Å². The molecule has 21 heavy (non-hydrogen) atoms. The van der Waals surface area contributed by atoms with Crippen molar-refractivity contribution in [1.29, 1.82) is 0 Å². The van der Waals surface area contributed by atoms with Crippen molar-refractivity contribution in [2.75, 3.05) is 20.0 Å². The molecule has 0 aromatic heterocycles. The largest absolute Gasteiger partial charge is 0.495 e. The van der Waals surface area contributed by atoms with Gasteiger partial charge in [0.05, 0.1) is 24.0 Å². The van der Waals surface area contributed by atoms with E-state index in [9.17, 15) is 10.1 Å². The smallest absolute Gasteiger partial charge is 0.235 e. The highest BCUT2D eigenvalue weighted by Crippen LogP contribution is 2.39. The highest BCUT2D eigenvalue weighted by Gasteiger charge is 2.13. The number of benzene rings is 1. The molecule has 0 N–H and O–H groups in total. The van der Waals surface area contributed by atoms with Gasteiger partial charge in [0, 0.05) is 6.08 Å². The average Bonchev–Trinajstić information content (AvgIpc) is 2.44. The van der Waals surface area contributed by atoms with E-state index in [1.807, 2.05) is 0 Å². The highest BCUT2D eigenvalue weighted by atomic mass is 32.2. The van der Waals surface area contributed by atoms with Crippen molar-refractivity contribution >= 4 is 17.8 Å². The molecular weight excluding hydrogens is 290 g/mol. The van der Waals surface area contributed by atoms with Gasteiger partial charge in [-0.25, -0.2) is 0 Å². The number of nitro groups is 1. The van der Waals surface area contributed by atoms with Crippen molar-refractivity contribution in [3.63, 3.8) is 0 Å². The third-order valence-corrected chi connectivity index (χ3v) is 3.94. The molecule has 0 heterocycles. The van der Waals surface area contributed by atoms with Crippen LogP contribution in [-0.4, -0.2) is 24.9 Å². The molecule has 1 aromatic carbocycles. The van der Waals surface area contributed by atoms with E-state index >= 15 is 0 Å². The fraction of sp³-hybridized carbons (Fsp3) is 0.467. The molecular formula is C15H21NO4S. The van der Waals surface area contributed by atoms with Gasteiger partial charge in [0.1, 0.15) is 11.5 Å². The molecule has 0 aliphatic heterocycles. The zero-order valence-electron chi connectivity index (χ0n) is 12.8. The lowest BCUT2D eigenvalue weighted by Crippen LogP contribution is -1.96. The zero-order valence-corrected chi connectivity index (χ0v) is 13.6. The van der Waals surface area contributed by atoms with Crippen LogP contribution in [0.5, 0.6) is 11.5 Å². The number of hydrogen-bond donors (Lipinski definition) is 0. The van der Waals surface area contributed by atoms with Gasteiger partial charge in [0.25, 0.3) is 0 Å². The van der Waals surface area contributed by atoms with E-state index in [-0.39, 0.29) is 0 Å². The third-order valence-electron chi connectivity index (χ3n) is 2.81. The van der Waals surface area contributed by atoms with Gasteiger partial charge in [-0.1, -0.05) is 13.8 Å². The molecule has 0 unspecified atom stereocenters. The maximum atomic E-state index is 10.4. The third kappa shape index (κ3) is 5.67. The van der Waals surface area contributed by atoms with E-state index in [0.29, 0.717) is 23.0 Å². The first kappa shape index (κ1) is 17.4. The molecule has 0 spiro atoms. The van der Waals surface area contributed by atoms with Gasteiger partial charge >= 0.3 is 0 Å². The van der Waals surface area contributed by atoms with Crippen LogP contribution in [0.2, 0.25) is 0 Å². The minimum Gasteiger partial charge on any atom is -0.495 e. The Morgan fingerprint density at radius 1 is 1.29 bits per heavy atom. The lowest BCUT2D eigenvalue weighted by molar-refractivity contribution is -0.400. The van der Waals surface area contributed by atoms with Gasteiger partial charge < -0.3 is 9.47 Å². The van der Waals surface area contributed by atoms with Gasteiger partial charge in [-0.05, 0) is 35.8 Å². The van der Waals surface area contributed by atoms with Crippen molar-refractivity contribution in [2.24, 2.45) is 5.92 Å². The lowest BCUT2D eigenvalue weighted by atomic mass is 10.2. The molecule has 0 aliphatic rings. The van der Waals surface area contributed by atoms with Crippen LogP contribution in [0.25, 0.3) is 6.08 Å². The minimum atomic E-state index is -0.496. The van der Waals surface area contributed by atoms with Gasteiger partial charge in [-0.2, -0.15) is 0 Å². The quantitative estimate of drug-likeness (QED) is 0.411. The Labute approximate surface area is 129 Å². The van der Waals surface area contributed by atoms with E-state index in [2.05, 4.69) is 13.8 Å². The molecule has 0 radical (unpaired) electrons. The minimum absolute atomic E-state index is 0.496. The molecule has 0 atom stereocenters. The summed E-state index contributed by atoms with van der Waals surface area (Å²) in [5.41, 5.74) is 0.675. The van der Waals surface area contributed by atoms with Crippen LogP contribution in [0.4, 0.5) is 0 Å². The fourth-order valence-electron chi connectivity index (χ4n) is 1.68. The van der Waals surface area contributed by atoms with E-state index in [4.69, 9.17) is 9.47 Å². The Balaban J connectivity index is 3.03. The summed E-state index contributed by atoms with van der Waals surface area (Å²) in [7, 11) is 3.17. The van der Waals surface area contributed by atoms with Crippen LogP contribution in [0.15, 0.2) is 23.2 Å². The first-order valence-corrected chi connectivity index (χ1v) is 7.67. The van der Waals surface area contributed by atoms with Crippen molar-refractivity contribution in [1.82, 2.24) is 0 Å². The van der Waals surface area contributed by atoms with Gasteiger partial charge in [0.2, 0.25) is 6.20 Å². The highest BCUT2D eigenvalue weighted by molar-refractivity contribution is 7.99. The van der Waals surface area contributed by atoms with E-state index in [0.717, 1.165) is 23.3 Å². The molecule has 116 valence electrons. The first-order chi connectivity index (χ1) is 9.97. The summed E-state index contributed by atoms with van der Waals surface area (Å²) in [6.45, 7) is 4.36. The van der Waals surface area contributed by atoms with Crippen molar-refractivity contribution in [3.05, 3.63) is 34.0 Å². The van der Waals surface area contributed by atoms with Gasteiger partial charge in [0.15, 0.2) is 0 Å². The Kier molecular flexibility index (Phi) is 7.08. The van der Waals surface area contributed by atoms with Crippen LogP contribution in [0.1, 0.15) is 25.8 Å². The fourth-order valence-corrected chi connectivity index (χ4v) is 3.04. The first-order valence-electron chi connectivity index (χ1n) is 6.68. The van der Waals surface area contributed by atoms with Crippen LogP contribution in [0.3, 0.4) is 0 Å². The van der Waals surface area contributed by atoms with Crippen LogP contribution in [-0.2, 0) is 0 Å². The van der Waals surface area contributed by atoms with Crippen molar-refractivity contribution < 1.29 is 14.4 Å². The second kappa shape index (κ2) is 8.56. The Morgan fingerprint density at radius 3 is 2.29 bits per heavy atom. The second-order valence-corrected chi connectivity index (χ2v) is 5.99. The topological polar surface area (TPSA) is 61.6 Å². The molecule has 0 saturated heterocycles. The predicted molar refractivity (Wildman–Crippen MR) is 85.8 cm³/mol. The average molecular weight is 311 g/mol. The van der Waals surface area contributed by atoms with E-state index in [1.54, 1.807) is 38.1 Å². The maximum absolute atomic E-state index is 10.4. The number of nitrogens with zero attached hydrogens (tertiary/aromatic N) is 1. The summed E-state index contributed by atoms with van der Waals surface area (Å²) in [4.78, 5) is 10.8. The monoisotopic (exact) mass is 311 g/mol. The van der Waals surface area contributed by atoms with Crippen LogP contribution in [0, 0.1) is 16.0 Å². The Hall–Kier alpha value is -1.69. The van der Waals surface area contributed by atoms with E-state index < -0.39 is 4.92 Å². The summed E-state index contributed by atoms with van der Waals surface area (Å²) in [6, 6.07) is 3.56. The number of hydrogen-bond acceptors (Lipinski definition) is 5. The molecule has 5 nitrogen and oxygen atoms in total. The summed E-state index contributed by atoms with van der Waals surface area (Å²) < 4.78 is 10.8. The predicted octanol–water partition coefficient (Wildman–Crippen LogP) is 4.09. The standard InChI is InChI=1S/C15H21NO4S/c1-11(2)6-8-21-15-13(19-3)9-12(5-7-16(17)18)10-14(15)20-4/h5,7,9-11H,6,8H2,1-4H3. The maximum Gasteiger partial charge on any atom is 0.235 e. The second-order valence-electron chi connectivity index (χ2n) is 4.89. The molecule has 0 fully saturated rings. The molecule has 1 rings (SSSR count). The van der Waals surface area contributed by atoms with Gasteiger partial charge in [-0.3, -0.25) is 10.1 Å². The summed E-state index contributed by atoms with van der Waals surface area (Å²) in [6.07, 6.45) is 3.42. The van der Waals surface area contributed by atoms with Gasteiger partial charge in [-0.15, -0.1) is 11.8 Å². The Morgan fingerprint density at radius 2 is 1.86 bits per heavy atom. The summed E-state index contributed by atoms with van der Waals surface area (Å²) >= 11 is 1.68. The lowest BCUT2D eigenvalue weighted by Gasteiger charge is -2.14.